The molecule has 0 aliphatic carbocycles. The fraction of sp³-hybridized carbons (Fsp3) is 0.917. The third-order valence-electron chi connectivity index (χ3n) is 3.78. The third-order valence-corrected chi connectivity index (χ3v) is 4.92. The van der Waals surface area contributed by atoms with Gasteiger partial charge in [-0.05, 0) is 44.0 Å². The summed E-state index contributed by atoms with van der Waals surface area (Å²) in [7, 11) is 1.98. The predicted molar refractivity (Wildman–Crippen MR) is 68.7 cm³/mol. The topological polar surface area (TPSA) is 32.3 Å². The van der Waals surface area contributed by atoms with E-state index in [1.54, 1.807) is 0 Å². The van der Waals surface area contributed by atoms with Crippen LogP contribution in [0.1, 0.15) is 25.7 Å². The van der Waals surface area contributed by atoms with Gasteiger partial charge in [0.1, 0.15) is 0 Å². The van der Waals surface area contributed by atoms with Gasteiger partial charge in [0.2, 0.25) is 5.91 Å². The first-order valence-corrected chi connectivity index (χ1v) is 7.47. The van der Waals surface area contributed by atoms with Crippen LogP contribution in [0.4, 0.5) is 0 Å². The van der Waals surface area contributed by atoms with Crippen LogP contribution in [-0.4, -0.2) is 48.5 Å². The van der Waals surface area contributed by atoms with Crippen molar-refractivity contribution >= 4 is 17.7 Å². The molecule has 2 atom stereocenters. The van der Waals surface area contributed by atoms with Crippen LogP contribution in [0.25, 0.3) is 0 Å². The van der Waals surface area contributed by atoms with Gasteiger partial charge in [-0.15, -0.1) is 0 Å². The Labute approximate surface area is 102 Å². The van der Waals surface area contributed by atoms with Crippen LogP contribution in [0, 0.1) is 5.92 Å². The fourth-order valence-electron chi connectivity index (χ4n) is 2.50. The lowest BCUT2D eigenvalue weighted by Gasteiger charge is -2.24. The maximum absolute atomic E-state index is 12.0. The van der Waals surface area contributed by atoms with Crippen LogP contribution >= 0.6 is 11.8 Å². The standard InChI is InChI=1S/C12H22N2OS/c1-14(11-5-7-16-9-11)12(15)3-2-10-4-6-13-8-10/h10-11,13H,2-9H2,1H3. The molecule has 2 aliphatic rings. The largest absolute Gasteiger partial charge is 0.342 e. The van der Waals surface area contributed by atoms with Gasteiger partial charge >= 0.3 is 0 Å². The number of carbonyl (C=O) groups excluding carboxylic acids is 1. The zero-order valence-electron chi connectivity index (χ0n) is 10.1. The number of carbonyl (C=O) groups is 1. The van der Waals surface area contributed by atoms with Crippen LogP contribution in [0.2, 0.25) is 0 Å². The minimum Gasteiger partial charge on any atom is -0.342 e. The summed E-state index contributed by atoms with van der Waals surface area (Å²) in [5.41, 5.74) is 0. The number of nitrogens with zero attached hydrogens (tertiary/aromatic N) is 1. The highest BCUT2D eigenvalue weighted by Crippen LogP contribution is 2.22. The van der Waals surface area contributed by atoms with Gasteiger partial charge in [-0.1, -0.05) is 0 Å². The van der Waals surface area contributed by atoms with E-state index in [-0.39, 0.29) is 0 Å². The van der Waals surface area contributed by atoms with Gasteiger partial charge in [0.25, 0.3) is 0 Å². The van der Waals surface area contributed by atoms with E-state index < -0.39 is 0 Å². The molecule has 0 saturated carbocycles. The van der Waals surface area contributed by atoms with Gasteiger partial charge in [-0.25, -0.2) is 0 Å². The highest BCUT2D eigenvalue weighted by Gasteiger charge is 2.24. The molecule has 4 heteroatoms. The molecule has 2 saturated heterocycles. The molecular formula is C12H22N2OS. The Morgan fingerprint density at radius 3 is 3.00 bits per heavy atom. The first kappa shape index (κ1) is 12.2. The van der Waals surface area contributed by atoms with E-state index in [0.29, 0.717) is 11.9 Å². The zero-order valence-corrected chi connectivity index (χ0v) is 10.9. The van der Waals surface area contributed by atoms with E-state index in [1.165, 1.54) is 18.6 Å². The lowest BCUT2D eigenvalue weighted by Crippen LogP contribution is -2.37. The summed E-state index contributed by atoms with van der Waals surface area (Å²) in [4.78, 5) is 14.0. The maximum atomic E-state index is 12.0. The monoisotopic (exact) mass is 242 g/mol. The third kappa shape index (κ3) is 3.14. The molecule has 92 valence electrons. The molecule has 0 radical (unpaired) electrons. The summed E-state index contributed by atoms with van der Waals surface area (Å²) in [5, 5.41) is 3.35. The van der Waals surface area contributed by atoms with Crippen molar-refractivity contribution in [1.82, 2.24) is 10.2 Å². The molecule has 2 unspecified atom stereocenters. The molecular weight excluding hydrogens is 220 g/mol. The number of nitrogens with one attached hydrogen (secondary N) is 1. The zero-order chi connectivity index (χ0) is 11.4. The minimum atomic E-state index is 0.347. The van der Waals surface area contributed by atoms with Crippen LogP contribution in [0.15, 0.2) is 0 Å². The molecule has 16 heavy (non-hydrogen) atoms. The molecule has 3 nitrogen and oxygen atoms in total. The Balaban J connectivity index is 1.69. The van der Waals surface area contributed by atoms with Crippen molar-refractivity contribution < 1.29 is 4.79 Å². The van der Waals surface area contributed by atoms with Crippen molar-refractivity contribution in [1.29, 1.82) is 0 Å². The Morgan fingerprint density at radius 2 is 2.38 bits per heavy atom. The summed E-state index contributed by atoms with van der Waals surface area (Å²) < 4.78 is 0. The fourth-order valence-corrected chi connectivity index (χ4v) is 3.76. The van der Waals surface area contributed by atoms with E-state index in [0.717, 1.165) is 37.6 Å². The maximum Gasteiger partial charge on any atom is 0.222 e. The highest BCUT2D eigenvalue weighted by molar-refractivity contribution is 7.99. The van der Waals surface area contributed by atoms with Gasteiger partial charge in [-0.3, -0.25) is 4.79 Å². The quantitative estimate of drug-likeness (QED) is 0.807. The van der Waals surface area contributed by atoms with Crippen LogP contribution < -0.4 is 5.32 Å². The molecule has 0 aromatic heterocycles. The minimum absolute atomic E-state index is 0.347. The number of thioether (sulfide) groups is 1. The van der Waals surface area contributed by atoms with Crippen molar-refractivity contribution in [2.45, 2.75) is 31.7 Å². The van der Waals surface area contributed by atoms with Gasteiger partial charge in [0.05, 0.1) is 0 Å². The van der Waals surface area contributed by atoms with Crippen molar-refractivity contribution in [3.63, 3.8) is 0 Å². The molecule has 2 heterocycles. The Bertz CT molecular complexity index is 235. The predicted octanol–water partition coefficient (Wildman–Crippen LogP) is 1.34. The second kappa shape index (κ2) is 5.92. The second-order valence-electron chi connectivity index (χ2n) is 4.92. The lowest BCUT2D eigenvalue weighted by atomic mass is 10.0. The average molecular weight is 242 g/mol. The summed E-state index contributed by atoms with van der Waals surface area (Å²) in [5.74, 6) is 3.43. The first-order chi connectivity index (χ1) is 7.77. The highest BCUT2D eigenvalue weighted by atomic mass is 32.2. The molecule has 1 N–H and O–H groups in total. The molecule has 2 aliphatic heterocycles. The van der Waals surface area contributed by atoms with Crippen LogP contribution in [-0.2, 0) is 4.79 Å². The van der Waals surface area contributed by atoms with Gasteiger partial charge in [0.15, 0.2) is 0 Å². The van der Waals surface area contributed by atoms with Crippen molar-refractivity contribution in [2.24, 2.45) is 5.92 Å². The smallest absolute Gasteiger partial charge is 0.222 e. The van der Waals surface area contributed by atoms with E-state index in [4.69, 9.17) is 0 Å². The van der Waals surface area contributed by atoms with Crippen LogP contribution in [0.3, 0.4) is 0 Å². The van der Waals surface area contributed by atoms with E-state index in [1.807, 2.05) is 23.7 Å². The molecule has 2 fully saturated rings. The van der Waals surface area contributed by atoms with Gasteiger partial charge < -0.3 is 10.2 Å². The second-order valence-corrected chi connectivity index (χ2v) is 6.07. The van der Waals surface area contributed by atoms with E-state index in [9.17, 15) is 4.79 Å². The molecule has 2 rings (SSSR count). The Hall–Kier alpha value is -0.220. The van der Waals surface area contributed by atoms with Crippen LogP contribution in [0.5, 0.6) is 0 Å². The van der Waals surface area contributed by atoms with Crippen molar-refractivity contribution in [3.05, 3.63) is 0 Å². The molecule has 0 aromatic carbocycles. The number of hydrogen-bond donors (Lipinski definition) is 1. The summed E-state index contributed by atoms with van der Waals surface area (Å²) >= 11 is 1.97. The molecule has 0 spiro atoms. The van der Waals surface area contributed by atoms with Gasteiger partial charge in [-0.2, -0.15) is 11.8 Å². The summed E-state index contributed by atoms with van der Waals surface area (Å²) in [6, 6.07) is 0.499. The average Bonchev–Trinajstić information content (AvgIpc) is 2.96. The number of amides is 1. The van der Waals surface area contributed by atoms with Gasteiger partial charge in [0, 0.05) is 25.3 Å². The van der Waals surface area contributed by atoms with E-state index in [2.05, 4.69) is 5.32 Å². The number of rotatable bonds is 4. The SMILES string of the molecule is CN(C(=O)CCC1CCNC1)C1CCSC1. The summed E-state index contributed by atoms with van der Waals surface area (Å²) in [6.07, 6.45) is 4.23. The first-order valence-electron chi connectivity index (χ1n) is 6.31. The number of hydrogen-bond acceptors (Lipinski definition) is 3. The molecule has 0 aromatic rings. The van der Waals surface area contributed by atoms with Crippen molar-refractivity contribution in [2.75, 3.05) is 31.6 Å². The molecule has 0 bridgehead atoms. The molecule has 1 amide bonds. The summed E-state index contributed by atoms with van der Waals surface area (Å²) in [6.45, 7) is 2.24. The van der Waals surface area contributed by atoms with E-state index >= 15 is 0 Å². The normalized spacial score (nSPS) is 29.6. The van der Waals surface area contributed by atoms with Crippen molar-refractivity contribution in [3.8, 4) is 0 Å². The Kier molecular flexibility index (Phi) is 4.53. The lowest BCUT2D eigenvalue weighted by molar-refractivity contribution is -0.131. The Morgan fingerprint density at radius 1 is 1.50 bits per heavy atom.